The molecule has 0 atom stereocenters. The minimum atomic E-state index is -0.263. The smallest absolute Gasteiger partial charge is 0.256 e. The summed E-state index contributed by atoms with van der Waals surface area (Å²) in [6, 6.07) is 14.1. The lowest BCUT2D eigenvalue weighted by molar-refractivity contribution is -0.118. The summed E-state index contributed by atoms with van der Waals surface area (Å²) in [6.45, 7) is 2.24. The van der Waals surface area contributed by atoms with Crippen LogP contribution in [0, 0.1) is 5.92 Å². The summed E-state index contributed by atoms with van der Waals surface area (Å²) in [5.41, 5.74) is 1.62. The van der Waals surface area contributed by atoms with Gasteiger partial charge in [-0.3, -0.25) is 14.4 Å². The van der Waals surface area contributed by atoms with E-state index in [1.807, 2.05) is 12.1 Å². The fourth-order valence-corrected chi connectivity index (χ4v) is 4.52. The summed E-state index contributed by atoms with van der Waals surface area (Å²) in [7, 11) is 0. The fraction of sp³-hybridized carbons (Fsp3) is 0.375. The van der Waals surface area contributed by atoms with Gasteiger partial charge in [0.25, 0.3) is 5.91 Å². The number of nitrogens with one attached hydrogen (secondary N) is 2. The molecule has 0 aromatic heterocycles. The van der Waals surface area contributed by atoms with Crippen LogP contribution in [0.5, 0.6) is 0 Å². The van der Waals surface area contributed by atoms with Gasteiger partial charge in [-0.1, -0.05) is 43.5 Å². The molecule has 1 aliphatic rings. The van der Waals surface area contributed by atoms with Crippen molar-refractivity contribution in [2.75, 3.05) is 17.6 Å². The Kier molecular flexibility index (Phi) is 8.08. The Balaban J connectivity index is 1.57. The van der Waals surface area contributed by atoms with Crippen molar-refractivity contribution in [1.82, 2.24) is 5.32 Å². The summed E-state index contributed by atoms with van der Waals surface area (Å²) in [5.74, 6) is 0.547. The van der Waals surface area contributed by atoms with Crippen LogP contribution in [0.4, 0.5) is 5.69 Å². The molecule has 0 aliphatic heterocycles. The maximum Gasteiger partial charge on any atom is 0.256 e. The molecule has 2 N–H and O–H groups in total. The van der Waals surface area contributed by atoms with E-state index in [0.717, 1.165) is 11.4 Å². The van der Waals surface area contributed by atoms with Gasteiger partial charge in [0.05, 0.1) is 11.3 Å². The Hall–Kier alpha value is -2.60. The summed E-state index contributed by atoms with van der Waals surface area (Å²) in [5, 5.41) is 5.88. The quantitative estimate of drug-likeness (QED) is 0.465. The van der Waals surface area contributed by atoms with Crippen LogP contribution >= 0.6 is 11.8 Å². The molecule has 1 aliphatic carbocycles. The molecule has 6 heteroatoms. The zero-order valence-corrected chi connectivity index (χ0v) is 18.1. The van der Waals surface area contributed by atoms with Gasteiger partial charge in [-0.15, -0.1) is 11.8 Å². The lowest BCUT2D eigenvalue weighted by Crippen LogP contribution is -2.31. The molecule has 2 aromatic carbocycles. The second-order valence-corrected chi connectivity index (χ2v) is 8.70. The zero-order chi connectivity index (χ0) is 21.3. The van der Waals surface area contributed by atoms with Gasteiger partial charge in [0, 0.05) is 22.7 Å². The number of ketones is 1. The standard InChI is InChI=1S/C24H28N2O3S/c1-17(27)19-10-7-11-20(14-19)26-24(29)21-12-5-6-13-22(21)30-16-23(28)25-15-18-8-3-2-4-9-18/h5-7,10-14,18H,2-4,8-9,15-16H2,1H3,(H,25,28)(H,26,29). The van der Waals surface area contributed by atoms with Crippen LogP contribution in [0.1, 0.15) is 59.7 Å². The number of carbonyl (C=O) groups is 3. The number of amides is 2. The van der Waals surface area contributed by atoms with Crippen LogP contribution in [0.25, 0.3) is 0 Å². The largest absolute Gasteiger partial charge is 0.355 e. The number of benzene rings is 2. The van der Waals surface area contributed by atoms with Crippen molar-refractivity contribution in [2.24, 2.45) is 5.92 Å². The Bertz CT molecular complexity index is 907. The first-order chi connectivity index (χ1) is 14.5. The zero-order valence-electron chi connectivity index (χ0n) is 17.3. The highest BCUT2D eigenvalue weighted by Gasteiger charge is 2.16. The first-order valence-corrected chi connectivity index (χ1v) is 11.4. The number of thioether (sulfide) groups is 1. The molecule has 158 valence electrons. The molecule has 1 fully saturated rings. The molecule has 0 radical (unpaired) electrons. The maximum absolute atomic E-state index is 12.8. The third-order valence-electron chi connectivity index (χ3n) is 5.33. The highest BCUT2D eigenvalue weighted by atomic mass is 32.2. The molecular formula is C24H28N2O3S. The number of carbonyl (C=O) groups excluding carboxylic acids is 3. The predicted octanol–water partition coefficient (Wildman–Crippen LogP) is 4.93. The number of anilines is 1. The molecule has 0 heterocycles. The lowest BCUT2D eigenvalue weighted by Gasteiger charge is -2.21. The Morgan fingerprint density at radius 2 is 1.77 bits per heavy atom. The molecule has 5 nitrogen and oxygen atoms in total. The van der Waals surface area contributed by atoms with Gasteiger partial charge >= 0.3 is 0 Å². The first-order valence-electron chi connectivity index (χ1n) is 10.4. The number of hydrogen-bond donors (Lipinski definition) is 2. The monoisotopic (exact) mass is 424 g/mol. The van der Waals surface area contributed by atoms with Gasteiger partial charge in [-0.2, -0.15) is 0 Å². The molecule has 2 aromatic rings. The SMILES string of the molecule is CC(=O)c1cccc(NC(=O)c2ccccc2SCC(=O)NCC2CCCCC2)c1. The van der Waals surface area contributed by atoms with Crippen molar-refractivity contribution in [1.29, 1.82) is 0 Å². The summed E-state index contributed by atoms with van der Waals surface area (Å²) in [6.07, 6.45) is 6.21. The van der Waals surface area contributed by atoms with E-state index in [4.69, 9.17) is 0 Å². The van der Waals surface area contributed by atoms with E-state index in [0.29, 0.717) is 22.7 Å². The second-order valence-electron chi connectivity index (χ2n) is 7.68. The van der Waals surface area contributed by atoms with E-state index in [-0.39, 0.29) is 23.4 Å². The maximum atomic E-state index is 12.8. The van der Waals surface area contributed by atoms with Crippen molar-refractivity contribution in [3.8, 4) is 0 Å². The number of hydrogen-bond acceptors (Lipinski definition) is 4. The van der Waals surface area contributed by atoms with Gasteiger partial charge in [-0.25, -0.2) is 0 Å². The van der Waals surface area contributed by atoms with E-state index in [2.05, 4.69) is 10.6 Å². The van der Waals surface area contributed by atoms with E-state index in [9.17, 15) is 14.4 Å². The average molecular weight is 425 g/mol. The predicted molar refractivity (Wildman–Crippen MR) is 121 cm³/mol. The summed E-state index contributed by atoms with van der Waals surface area (Å²) < 4.78 is 0. The minimum Gasteiger partial charge on any atom is -0.355 e. The summed E-state index contributed by atoms with van der Waals surface area (Å²) >= 11 is 1.36. The van der Waals surface area contributed by atoms with Gasteiger partial charge in [0.1, 0.15) is 0 Å². The molecule has 0 bridgehead atoms. The van der Waals surface area contributed by atoms with Crippen LogP contribution in [0.2, 0.25) is 0 Å². The van der Waals surface area contributed by atoms with Crippen LogP contribution in [0.15, 0.2) is 53.4 Å². The van der Waals surface area contributed by atoms with Crippen LogP contribution in [0.3, 0.4) is 0 Å². The average Bonchev–Trinajstić information content (AvgIpc) is 2.77. The third kappa shape index (κ3) is 6.46. The fourth-order valence-electron chi connectivity index (χ4n) is 3.64. The van der Waals surface area contributed by atoms with Gasteiger partial charge in [0.2, 0.25) is 5.91 Å². The van der Waals surface area contributed by atoms with Gasteiger partial charge < -0.3 is 10.6 Å². The minimum absolute atomic E-state index is 0.00468. The van der Waals surface area contributed by atoms with Crippen LogP contribution in [-0.2, 0) is 4.79 Å². The second kappa shape index (κ2) is 11.0. The van der Waals surface area contributed by atoms with E-state index in [1.54, 1.807) is 36.4 Å². The molecule has 2 amide bonds. The van der Waals surface area contributed by atoms with Crippen LogP contribution < -0.4 is 10.6 Å². The molecule has 0 saturated heterocycles. The van der Waals surface area contributed by atoms with E-state index in [1.165, 1.54) is 50.8 Å². The third-order valence-corrected chi connectivity index (χ3v) is 6.40. The van der Waals surface area contributed by atoms with E-state index >= 15 is 0 Å². The van der Waals surface area contributed by atoms with Crippen molar-refractivity contribution in [3.05, 3.63) is 59.7 Å². The lowest BCUT2D eigenvalue weighted by atomic mass is 9.89. The van der Waals surface area contributed by atoms with Crippen molar-refractivity contribution >= 4 is 35.0 Å². The highest BCUT2D eigenvalue weighted by Crippen LogP contribution is 2.25. The Labute approximate surface area is 182 Å². The molecule has 0 unspecified atom stereocenters. The van der Waals surface area contributed by atoms with Gasteiger partial charge in [-0.05, 0) is 49.9 Å². The van der Waals surface area contributed by atoms with E-state index < -0.39 is 0 Å². The first kappa shape index (κ1) is 22.1. The normalized spacial score (nSPS) is 14.2. The van der Waals surface area contributed by atoms with Crippen molar-refractivity contribution < 1.29 is 14.4 Å². The Morgan fingerprint density at radius 1 is 1.00 bits per heavy atom. The molecular weight excluding hydrogens is 396 g/mol. The van der Waals surface area contributed by atoms with Crippen molar-refractivity contribution in [3.63, 3.8) is 0 Å². The van der Waals surface area contributed by atoms with Crippen molar-refractivity contribution in [2.45, 2.75) is 43.9 Å². The number of rotatable bonds is 8. The topological polar surface area (TPSA) is 75.3 Å². The molecule has 30 heavy (non-hydrogen) atoms. The molecule has 0 spiro atoms. The number of Topliss-reactive ketones (excluding diaryl/α,β-unsaturated/α-hetero) is 1. The van der Waals surface area contributed by atoms with Gasteiger partial charge in [0.15, 0.2) is 5.78 Å². The summed E-state index contributed by atoms with van der Waals surface area (Å²) in [4.78, 5) is 37.4. The molecule has 3 rings (SSSR count). The Morgan fingerprint density at radius 3 is 2.53 bits per heavy atom. The molecule has 1 saturated carbocycles. The van der Waals surface area contributed by atoms with Crippen LogP contribution in [-0.4, -0.2) is 29.9 Å². The highest BCUT2D eigenvalue weighted by molar-refractivity contribution is 8.00.